The molecule has 0 radical (unpaired) electrons. The lowest BCUT2D eigenvalue weighted by molar-refractivity contribution is 0.150. The Kier molecular flexibility index (Phi) is 5.73. The summed E-state index contributed by atoms with van der Waals surface area (Å²) < 4.78 is 0. The van der Waals surface area contributed by atoms with Crippen LogP contribution in [0.15, 0.2) is 0 Å². The molecular formula is C13H28N2O. The Morgan fingerprint density at radius 2 is 1.94 bits per heavy atom. The minimum absolute atomic E-state index is 0.103. The van der Waals surface area contributed by atoms with Gasteiger partial charge in [-0.15, -0.1) is 0 Å². The van der Waals surface area contributed by atoms with Crippen molar-refractivity contribution in [3.8, 4) is 0 Å². The van der Waals surface area contributed by atoms with Crippen LogP contribution in [0.5, 0.6) is 0 Å². The predicted octanol–water partition coefficient (Wildman–Crippen LogP) is 1.61. The van der Waals surface area contributed by atoms with Gasteiger partial charge in [0, 0.05) is 11.6 Å². The third-order valence-electron chi connectivity index (χ3n) is 3.39. The lowest BCUT2D eigenvalue weighted by atomic mass is 9.95. The smallest absolute Gasteiger partial charge is 0.0610 e. The van der Waals surface area contributed by atoms with E-state index in [4.69, 9.17) is 0 Å². The lowest BCUT2D eigenvalue weighted by Crippen LogP contribution is -2.49. The Morgan fingerprint density at radius 3 is 2.44 bits per heavy atom. The molecule has 0 saturated carbocycles. The first-order chi connectivity index (χ1) is 7.56. The number of aliphatic hydroxyl groups excluding tert-OH is 1. The van der Waals surface area contributed by atoms with Crippen LogP contribution in [0.1, 0.15) is 46.5 Å². The molecule has 16 heavy (non-hydrogen) atoms. The average Bonchev–Trinajstić information content (AvgIpc) is 2.69. The summed E-state index contributed by atoms with van der Waals surface area (Å²) in [6, 6.07) is 0.434. The van der Waals surface area contributed by atoms with Crippen molar-refractivity contribution in [1.82, 2.24) is 10.2 Å². The van der Waals surface area contributed by atoms with Gasteiger partial charge in [0.25, 0.3) is 0 Å². The third-order valence-corrected chi connectivity index (χ3v) is 3.39. The predicted molar refractivity (Wildman–Crippen MR) is 68.7 cm³/mol. The Labute approximate surface area is 100 Å². The Balaban J connectivity index is 2.21. The molecule has 0 amide bonds. The maximum absolute atomic E-state index is 9.45. The van der Waals surface area contributed by atoms with Gasteiger partial charge in [0.15, 0.2) is 0 Å². The van der Waals surface area contributed by atoms with E-state index in [2.05, 4.69) is 31.0 Å². The van der Waals surface area contributed by atoms with Gasteiger partial charge in [-0.1, -0.05) is 13.8 Å². The van der Waals surface area contributed by atoms with Crippen LogP contribution in [-0.4, -0.2) is 47.8 Å². The Morgan fingerprint density at radius 1 is 1.31 bits per heavy atom. The summed E-state index contributed by atoms with van der Waals surface area (Å²) in [7, 11) is 0. The monoisotopic (exact) mass is 228 g/mol. The summed E-state index contributed by atoms with van der Waals surface area (Å²) in [5.74, 6) is 0. The highest BCUT2D eigenvalue weighted by Gasteiger charge is 2.23. The van der Waals surface area contributed by atoms with E-state index in [0.717, 1.165) is 6.42 Å². The molecule has 1 atom stereocenters. The zero-order valence-corrected chi connectivity index (χ0v) is 11.1. The fourth-order valence-corrected chi connectivity index (χ4v) is 2.59. The van der Waals surface area contributed by atoms with Crippen LogP contribution in [0.3, 0.4) is 0 Å². The van der Waals surface area contributed by atoms with Crippen molar-refractivity contribution >= 4 is 0 Å². The van der Waals surface area contributed by atoms with Crippen molar-refractivity contribution in [2.24, 2.45) is 0 Å². The molecule has 0 aromatic heterocycles. The van der Waals surface area contributed by atoms with Gasteiger partial charge >= 0.3 is 0 Å². The molecule has 0 bridgehead atoms. The summed E-state index contributed by atoms with van der Waals surface area (Å²) in [5.41, 5.74) is -0.103. The van der Waals surface area contributed by atoms with Crippen LogP contribution in [0.2, 0.25) is 0 Å². The van der Waals surface area contributed by atoms with E-state index < -0.39 is 0 Å². The molecular weight excluding hydrogens is 200 g/mol. The summed E-state index contributed by atoms with van der Waals surface area (Å²) in [6.45, 7) is 10.3. The topological polar surface area (TPSA) is 35.5 Å². The first-order valence-corrected chi connectivity index (χ1v) is 6.67. The molecule has 96 valence electrons. The zero-order chi connectivity index (χ0) is 12.0. The van der Waals surface area contributed by atoms with Gasteiger partial charge in [0.05, 0.1) is 6.61 Å². The van der Waals surface area contributed by atoms with E-state index in [1.54, 1.807) is 0 Å². The standard InChI is InChI=1S/C13H28N2O/c1-12(2)14-13(3,11-16)7-6-10-15-8-4-5-9-15/h12,14,16H,4-11H2,1-3H3. The van der Waals surface area contributed by atoms with E-state index in [9.17, 15) is 5.11 Å². The molecule has 3 nitrogen and oxygen atoms in total. The normalized spacial score (nSPS) is 21.6. The number of hydrogen-bond acceptors (Lipinski definition) is 3. The average molecular weight is 228 g/mol. The number of nitrogens with one attached hydrogen (secondary N) is 1. The van der Waals surface area contributed by atoms with E-state index >= 15 is 0 Å². The third kappa shape index (κ3) is 4.81. The van der Waals surface area contributed by atoms with Gasteiger partial charge in [-0.3, -0.25) is 0 Å². The van der Waals surface area contributed by atoms with Gasteiger partial charge < -0.3 is 15.3 Å². The molecule has 1 unspecified atom stereocenters. The van der Waals surface area contributed by atoms with E-state index in [-0.39, 0.29) is 12.1 Å². The molecule has 1 fully saturated rings. The highest BCUT2D eigenvalue weighted by atomic mass is 16.3. The van der Waals surface area contributed by atoms with Gasteiger partial charge in [0.2, 0.25) is 0 Å². The fraction of sp³-hybridized carbons (Fsp3) is 1.00. The Hall–Kier alpha value is -0.120. The van der Waals surface area contributed by atoms with Crippen molar-refractivity contribution in [2.75, 3.05) is 26.2 Å². The van der Waals surface area contributed by atoms with Crippen LogP contribution >= 0.6 is 0 Å². The molecule has 1 rings (SSSR count). The number of nitrogens with zero attached hydrogens (tertiary/aromatic N) is 1. The summed E-state index contributed by atoms with van der Waals surface area (Å²) in [6.07, 6.45) is 4.96. The molecule has 3 heteroatoms. The van der Waals surface area contributed by atoms with E-state index in [0.29, 0.717) is 6.04 Å². The van der Waals surface area contributed by atoms with Crippen LogP contribution in [-0.2, 0) is 0 Å². The van der Waals surface area contributed by atoms with Crippen LogP contribution < -0.4 is 5.32 Å². The second-order valence-electron chi connectivity index (χ2n) is 5.67. The minimum Gasteiger partial charge on any atom is -0.394 e. The molecule has 0 aromatic carbocycles. The number of likely N-dealkylation sites (tertiary alicyclic amines) is 1. The molecule has 0 aliphatic carbocycles. The van der Waals surface area contributed by atoms with Gasteiger partial charge in [-0.05, 0) is 52.2 Å². The summed E-state index contributed by atoms with van der Waals surface area (Å²) in [5, 5.41) is 12.9. The molecule has 2 N–H and O–H groups in total. The largest absolute Gasteiger partial charge is 0.394 e. The van der Waals surface area contributed by atoms with Crippen molar-refractivity contribution in [3.05, 3.63) is 0 Å². The summed E-state index contributed by atoms with van der Waals surface area (Å²) >= 11 is 0. The minimum atomic E-state index is -0.103. The van der Waals surface area contributed by atoms with E-state index in [1.807, 2.05) is 0 Å². The van der Waals surface area contributed by atoms with Crippen molar-refractivity contribution in [2.45, 2.75) is 58.0 Å². The van der Waals surface area contributed by atoms with Crippen molar-refractivity contribution < 1.29 is 5.11 Å². The van der Waals surface area contributed by atoms with Crippen molar-refractivity contribution in [3.63, 3.8) is 0 Å². The quantitative estimate of drug-likeness (QED) is 0.695. The lowest BCUT2D eigenvalue weighted by Gasteiger charge is -2.31. The maximum Gasteiger partial charge on any atom is 0.0610 e. The molecule has 1 aliphatic heterocycles. The van der Waals surface area contributed by atoms with Crippen molar-refractivity contribution in [1.29, 1.82) is 0 Å². The van der Waals surface area contributed by atoms with Crippen LogP contribution in [0.25, 0.3) is 0 Å². The van der Waals surface area contributed by atoms with Gasteiger partial charge in [-0.2, -0.15) is 0 Å². The molecule has 0 aromatic rings. The van der Waals surface area contributed by atoms with Gasteiger partial charge in [-0.25, -0.2) is 0 Å². The molecule has 0 spiro atoms. The van der Waals surface area contributed by atoms with Crippen LogP contribution in [0, 0.1) is 0 Å². The van der Waals surface area contributed by atoms with Crippen LogP contribution in [0.4, 0.5) is 0 Å². The number of aliphatic hydroxyl groups is 1. The van der Waals surface area contributed by atoms with E-state index in [1.165, 1.54) is 38.9 Å². The first-order valence-electron chi connectivity index (χ1n) is 6.67. The molecule has 1 aliphatic rings. The SMILES string of the molecule is CC(C)NC(C)(CO)CCCN1CCCC1. The Bertz CT molecular complexity index is 190. The fourth-order valence-electron chi connectivity index (χ4n) is 2.59. The first kappa shape index (κ1) is 13.9. The highest BCUT2D eigenvalue weighted by Crippen LogP contribution is 2.15. The van der Waals surface area contributed by atoms with Gasteiger partial charge in [0.1, 0.15) is 0 Å². The second kappa shape index (κ2) is 6.58. The highest BCUT2D eigenvalue weighted by molar-refractivity contribution is 4.84. The number of rotatable bonds is 7. The molecule has 1 heterocycles. The maximum atomic E-state index is 9.45. The molecule has 1 saturated heterocycles. The zero-order valence-electron chi connectivity index (χ0n) is 11.1. The summed E-state index contributed by atoms with van der Waals surface area (Å²) in [4.78, 5) is 2.53. The number of hydrogen-bond donors (Lipinski definition) is 2. The second-order valence-corrected chi connectivity index (χ2v) is 5.67.